The topological polar surface area (TPSA) is 101 Å². The van der Waals surface area contributed by atoms with Crippen LogP contribution in [0, 0.1) is 23.1 Å². The number of imide groups is 1. The fourth-order valence-electron chi connectivity index (χ4n) is 9.30. The smallest absolute Gasteiger partial charge is 0.372 e. The predicted octanol–water partition coefficient (Wildman–Crippen LogP) is 7.53. The highest BCUT2D eigenvalue weighted by Crippen LogP contribution is 2.40. The van der Waals surface area contributed by atoms with E-state index in [0.29, 0.717) is 50.0 Å². The molecule has 0 aliphatic carbocycles. The number of nitriles is 1. The molecule has 6 heterocycles. The van der Waals surface area contributed by atoms with Crippen LogP contribution in [0.4, 0.5) is 39.4 Å². The van der Waals surface area contributed by atoms with Crippen molar-refractivity contribution in [3.05, 3.63) is 82.9 Å². The number of anilines is 3. The zero-order valence-electron chi connectivity index (χ0n) is 31.5. The van der Waals surface area contributed by atoms with E-state index in [2.05, 4.69) is 62.0 Å². The van der Waals surface area contributed by atoms with Crippen LogP contribution in [-0.2, 0) is 18.0 Å². The Labute approximate surface area is 323 Å². The van der Waals surface area contributed by atoms with Crippen molar-refractivity contribution in [1.82, 2.24) is 19.8 Å². The monoisotopic (exact) mass is 770 g/mol. The first-order valence-electron chi connectivity index (χ1n) is 19.7. The maximum Gasteiger partial charge on any atom is 0.420 e. The van der Waals surface area contributed by atoms with Gasteiger partial charge in [-0.1, -0.05) is 12.1 Å². The number of amides is 3. The lowest BCUT2D eigenvalue weighted by Crippen LogP contribution is -2.49. The number of nitrogens with zero attached hydrogens (tertiary/aromatic N) is 7. The molecular weight excluding hydrogens is 725 g/mol. The quantitative estimate of drug-likeness (QED) is 0.194. The number of hydrogen-bond acceptors (Lipinski definition) is 7. The fraction of sp³-hybridized carbons (Fsp3) is 0.476. The standard InChI is InChI=1S/C42H46F4N8O2/c1-50-36(23-34-37(50)22-33(25-48-34)54-21-14-38(55)49-41(54)56)30-10-15-51(16-11-30)26-27-8-17-52(18-9-27)32-5-2-28(3-6-32)29-12-19-53(20-13-29)35-7-4-31(24-47)39(40(35)43)42(44,45)46/h2-7,22-23,25,27,29-30H,8-21,26H2,1H3,(H,49,55,56). The van der Waals surface area contributed by atoms with Gasteiger partial charge in [0.1, 0.15) is 5.56 Å². The Morgan fingerprint density at radius 2 is 1.52 bits per heavy atom. The lowest BCUT2D eigenvalue weighted by Gasteiger charge is -2.38. The van der Waals surface area contributed by atoms with Gasteiger partial charge in [0.15, 0.2) is 5.82 Å². The van der Waals surface area contributed by atoms with Crippen LogP contribution in [0.15, 0.2) is 54.7 Å². The normalized spacial score (nSPS) is 19.8. The van der Waals surface area contributed by atoms with Crippen molar-refractivity contribution in [3.63, 3.8) is 0 Å². The molecule has 0 atom stereocenters. The van der Waals surface area contributed by atoms with Crippen LogP contribution in [0.1, 0.15) is 79.2 Å². The second kappa shape index (κ2) is 15.4. The van der Waals surface area contributed by atoms with Crippen molar-refractivity contribution in [1.29, 1.82) is 5.26 Å². The van der Waals surface area contributed by atoms with Crippen molar-refractivity contribution >= 4 is 40.0 Å². The summed E-state index contributed by atoms with van der Waals surface area (Å²) in [5.74, 6) is -0.279. The molecule has 294 valence electrons. The number of urea groups is 1. The molecule has 8 rings (SSSR count). The number of aryl methyl sites for hydroxylation is 1. The summed E-state index contributed by atoms with van der Waals surface area (Å²) in [5.41, 5.74) is 3.98. The Balaban J connectivity index is 0.797. The molecule has 4 saturated heterocycles. The zero-order valence-corrected chi connectivity index (χ0v) is 31.5. The van der Waals surface area contributed by atoms with Gasteiger partial charge in [-0.3, -0.25) is 20.0 Å². The molecule has 3 amide bonds. The maximum absolute atomic E-state index is 15.0. The van der Waals surface area contributed by atoms with Crippen LogP contribution < -0.4 is 20.0 Å². The third-order valence-electron chi connectivity index (χ3n) is 12.5. The average molecular weight is 771 g/mol. The zero-order chi connectivity index (χ0) is 39.1. The third kappa shape index (κ3) is 7.53. The van der Waals surface area contributed by atoms with Gasteiger partial charge < -0.3 is 19.3 Å². The molecule has 0 spiro atoms. The highest BCUT2D eigenvalue weighted by molar-refractivity contribution is 6.06. The van der Waals surface area contributed by atoms with Gasteiger partial charge in [0.25, 0.3) is 0 Å². The Bertz CT molecular complexity index is 2140. The minimum Gasteiger partial charge on any atom is -0.372 e. The molecule has 2 aromatic carbocycles. The van der Waals surface area contributed by atoms with Gasteiger partial charge in [-0.2, -0.15) is 18.4 Å². The second-order valence-electron chi connectivity index (χ2n) is 15.8. The summed E-state index contributed by atoms with van der Waals surface area (Å²) in [4.78, 5) is 37.0. The third-order valence-corrected chi connectivity index (χ3v) is 12.5. The van der Waals surface area contributed by atoms with Gasteiger partial charge >= 0.3 is 12.2 Å². The van der Waals surface area contributed by atoms with Gasteiger partial charge in [0.05, 0.1) is 40.2 Å². The van der Waals surface area contributed by atoms with Crippen LogP contribution >= 0.6 is 0 Å². The summed E-state index contributed by atoms with van der Waals surface area (Å²) in [5, 5.41) is 11.5. The van der Waals surface area contributed by atoms with E-state index >= 15 is 4.39 Å². The van der Waals surface area contributed by atoms with E-state index in [4.69, 9.17) is 5.26 Å². The number of rotatable bonds is 7. The summed E-state index contributed by atoms with van der Waals surface area (Å²) < 4.78 is 57.8. The molecule has 0 unspecified atom stereocenters. The van der Waals surface area contributed by atoms with Crippen molar-refractivity contribution in [2.24, 2.45) is 13.0 Å². The number of carbonyl (C=O) groups excluding carboxylic acids is 2. The molecule has 0 saturated carbocycles. The molecule has 2 aromatic heterocycles. The number of hydrogen-bond donors (Lipinski definition) is 1. The van der Waals surface area contributed by atoms with E-state index in [9.17, 15) is 22.8 Å². The highest BCUT2D eigenvalue weighted by Gasteiger charge is 2.39. The SMILES string of the molecule is Cn1c(C2CCN(CC3CCN(c4ccc(C5CCN(c6ccc(C#N)c(C(F)(F)F)c6F)CC5)cc4)CC3)CC2)cc2ncc(N3CCC(=O)NC3=O)cc21. The van der Waals surface area contributed by atoms with E-state index in [0.717, 1.165) is 75.5 Å². The maximum atomic E-state index is 15.0. The van der Waals surface area contributed by atoms with Crippen molar-refractivity contribution < 1.29 is 27.2 Å². The van der Waals surface area contributed by atoms with Crippen LogP contribution in [0.5, 0.6) is 0 Å². The first-order valence-corrected chi connectivity index (χ1v) is 19.7. The van der Waals surface area contributed by atoms with E-state index in [1.807, 2.05) is 6.07 Å². The number of halogens is 4. The molecule has 0 radical (unpaired) electrons. The molecule has 4 aliphatic heterocycles. The predicted molar refractivity (Wildman–Crippen MR) is 206 cm³/mol. The Morgan fingerprint density at radius 1 is 0.839 bits per heavy atom. The molecule has 14 heteroatoms. The number of aromatic nitrogens is 2. The molecule has 4 fully saturated rings. The number of alkyl halides is 3. The van der Waals surface area contributed by atoms with Gasteiger partial charge in [-0.15, -0.1) is 0 Å². The van der Waals surface area contributed by atoms with E-state index in [1.165, 1.54) is 29.1 Å². The lowest BCUT2D eigenvalue weighted by molar-refractivity contribution is -0.140. The molecule has 56 heavy (non-hydrogen) atoms. The minimum absolute atomic E-state index is 0.0971. The first-order chi connectivity index (χ1) is 27.0. The van der Waals surface area contributed by atoms with Crippen LogP contribution in [-0.4, -0.2) is 78.7 Å². The minimum atomic E-state index is -4.94. The van der Waals surface area contributed by atoms with Crippen LogP contribution in [0.3, 0.4) is 0 Å². The number of nitrogens with one attached hydrogen (secondary N) is 1. The number of benzene rings is 2. The molecule has 4 aromatic rings. The molecule has 4 aliphatic rings. The first kappa shape index (κ1) is 37.7. The van der Waals surface area contributed by atoms with E-state index in [-0.39, 0.29) is 23.9 Å². The summed E-state index contributed by atoms with van der Waals surface area (Å²) in [6, 6.07) is 16.3. The molecule has 1 N–H and O–H groups in total. The van der Waals surface area contributed by atoms with Crippen molar-refractivity contribution in [3.8, 4) is 6.07 Å². The highest BCUT2D eigenvalue weighted by atomic mass is 19.4. The van der Waals surface area contributed by atoms with Crippen molar-refractivity contribution in [2.45, 2.75) is 63.0 Å². The summed E-state index contributed by atoms with van der Waals surface area (Å²) in [6.07, 6.45) is 2.91. The second-order valence-corrected chi connectivity index (χ2v) is 15.8. The number of pyridine rings is 1. The van der Waals surface area contributed by atoms with Gasteiger partial charge in [-0.25, -0.2) is 9.18 Å². The molecular formula is C42H46F4N8O2. The largest absolute Gasteiger partial charge is 0.420 e. The molecule has 10 nitrogen and oxygen atoms in total. The number of likely N-dealkylation sites (tertiary alicyclic amines) is 1. The van der Waals surface area contributed by atoms with Gasteiger partial charge in [0, 0.05) is 70.0 Å². The lowest BCUT2D eigenvalue weighted by atomic mass is 9.88. The van der Waals surface area contributed by atoms with Crippen LogP contribution in [0.25, 0.3) is 11.0 Å². The fourth-order valence-corrected chi connectivity index (χ4v) is 9.30. The summed E-state index contributed by atoms with van der Waals surface area (Å²) in [6.45, 7) is 6.47. The Kier molecular flexibility index (Phi) is 10.4. The van der Waals surface area contributed by atoms with Crippen molar-refractivity contribution in [2.75, 3.05) is 67.1 Å². The van der Waals surface area contributed by atoms with Gasteiger partial charge in [-0.05, 0) is 105 Å². The summed E-state index contributed by atoms with van der Waals surface area (Å²) in [7, 11) is 2.07. The number of carbonyl (C=O) groups is 2. The van der Waals surface area contributed by atoms with E-state index < -0.39 is 29.2 Å². The average Bonchev–Trinajstić information content (AvgIpc) is 3.53. The van der Waals surface area contributed by atoms with E-state index in [1.54, 1.807) is 16.0 Å². The Hall–Kier alpha value is -5.16. The number of fused-ring (bicyclic) bond motifs is 1. The summed E-state index contributed by atoms with van der Waals surface area (Å²) >= 11 is 0. The van der Waals surface area contributed by atoms with Gasteiger partial charge in [0.2, 0.25) is 5.91 Å². The molecule has 0 bridgehead atoms. The van der Waals surface area contributed by atoms with Crippen LogP contribution in [0.2, 0.25) is 0 Å². The Morgan fingerprint density at radius 3 is 2.18 bits per heavy atom. The number of piperidine rings is 3.